The maximum Gasteiger partial charge on any atom is 0.254 e. The Morgan fingerprint density at radius 1 is 1.50 bits per heavy atom. The molecule has 0 radical (unpaired) electrons. The van der Waals surface area contributed by atoms with E-state index in [0.717, 1.165) is 19.3 Å². The first-order chi connectivity index (χ1) is 8.61. The van der Waals surface area contributed by atoms with Gasteiger partial charge in [0.05, 0.1) is 16.1 Å². The molecule has 0 aliphatic heterocycles. The van der Waals surface area contributed by atoms with E-state index in [1.165, 1.54) is 6.07 Å². The Morgan fingerprint density at radius 2 is 2.28 bits per heavy atom. The lowest BCUT2D eigenvalue weighted by atomic mass is 10.1. The number of nitrogens with one attached hydrogen (secondary N) is 1. The van der Waals surface area contributed by atoms with E-state index in [4.69, 9.17) is 4.74 Å². The third-order valence-electron chi connectivity index (χ3n) is 3.25. The Kier molecular flexibility index (Phi) is 4.35. The normalized spacial score (nSPS) is 23.1. The molecule has 0 bridgehead atoms. The molecular formula is C13H15BrFNO2. The number of hydrogen-bond donors (Lipinski definition) is 1. The van der Waals surface area contributed by atoms with E-state index in [9.17, 15) is 9.18 Å². The summed E-state index contributed by atoms with van der Waals surface area (Å²) in [5, 5.41) is 2.85. The van der Waals surface area contributed by atoms with Crippen molar-refractivity contribution in [1.82, 2.24) is 5.32 Å². The van der Waals surface area contributed by atoms with Gasteiger partial charge in [0.1, 0.15) is 5.82 Å². The molecule has 1 aliphatic carbocycles. The van der Waals surface area contributed by atoms with Gasteiger partial charge in [-0.2, -0.15) is 0 Å². The highest BCUT2D eigenvalue weighted by atomic mass is 79.9. The van der Waals surface area contributed by atoms with Crippen molar-refractivity contribution in [2.24, 2.45) is 0 Å². The second-order valence-corrected chi connectivity index (χ2v) is 5.30. The highest BCUT2D eigenvalue weighted by Crippen LogP contribution is 2.23. The largest absolute Gasteiger partial charge is 0.381 e. The fourth-order valence-corrected chi connectivity index (χ4v) is 2.59. The van der Waals surface area contributed by atoms with E-state index in [1.807, 2.05) is 0 Å². The SMILES string of the molecule is COC1CCC(NC(=O)c2cccc(Br)c2F)C1. The van der Waals surface area contributed by atoms with Gasteiger partial charge in [-0.1, -0.05) is 6.07 Å². The highest BCUT2D eigenvalue weighted by Gasteiger charge is 2.26. The third kappa shape index (κ3) is 2.90. The molecule has 0 heterocycles. The first-order valence-corrected chi connectivity index (χ1v) is 6.68. The molecule has 1 amide bonds. The second kappa shape index (κ2) is 5.80. The predicted molar refractivity (Wildman–Crippen MR) is 70.0 cm³/mol. The molecule has 2 atom stereocenters. The second-order valence-electron chi connectivity index (χ2n) is 4.44. The maximum atomic E-state index is 13.7. The van der Waals surface area contributed by atoms with Gasteiger partial charge < -0.3 is 10.1 Å². The first kappa shape index (κ1) is 13.5. The van der Waals surface area contributed by atoms with Gasteiger partial charge in [-0.05, 0) is 47.3 Å². The number of hydrogen-bond acceptors (Lipinski definition) is 2. The van der Waals surface area contributed by atoms with Crippen LogP contribution in [0.4, 0.5) is 4.39 Å². The molecule has 1 aliphatic rings. The van der Waals surface area contributed by atoms with Crippen LogP contribution in [0, 0.1) is 5.82 Å². The van der Waals surface area contributed by atoms with Gasteiger partial charge in [-0.25, -0.2) is 4.39 Å². The van der Waals surface area contributed by atoms with Crippen LogP contribution in [0.15, 0.2) is 22.7 Å². The number of methoxy groups -OCH3 is 1. The molecule has 3 nitrogen and oxygen atoms in total. The van der Waals surface area contributed by atoms with Crippen molar-refractivity contribution in [2.75, 3.05) is 7.11 Å². The van der Waals surface area contributed by atoms with Crippen molar-refractivity contribution >= 4 is 21.8 Å². The highest BCUT2D eigenvalue weighted by molar-refractivity contribution is 9.10. The molecule has 5 heteroatoms. The molecular weight excluding hydrogens is 301 g/mol. The van der Waals surface area contributed by atoms with Crippen LogP contribution in [0.3, 0.4) is 0 Å². The zero-order chi connectivity index (χ0) is 13.1. The van der Waals surface area contributed by atoms with Gasteiger partial charge in [0.15, 0.2) is 0 Å². The summed E-state index contributed by atoms with van der Waals surface area (Å²) in [5.74, 6) is -0.883. The monoisotopic (exact) mass is 315 g/mol. The number of amides is 1. The van der Waals surface area contributed by atoms with E-state index in [-0.39, 0.29) is 23.6 Å². The Morgan fingerprint density at radius 3 is 2.94 bits per heavy atom. The molecule has 1 fully saturated rings. The van der Waals surface area contributed by atoms with Crippen molar-refractivity contribution in [1.29, 1.82) is 0 Å². The van der Waals surface area contributed by atoms with E-state index in [1.54, 1.807) is 19.2 Å². The molecule has 0 spiro atoms. The summed E-state index contributed by atoms with van der Waals surface area (Å²) in [6.45, 7) is 0. The first-order valence-electron chi connectivity index (χ1n) is 5.89. The molecule has 2 unspecified atom stereocenters. The number of ether oxygens (including phenoxy) is 1. The van der Waals surface area contributed by atoms with Gasteiger partial charge in [0, 0.05) is 13.2 Å². The van der Waals surface area contributed by atoms with Crippen LogP contribution >= 0.6 is 15.9 Å². The van der Waals surface area contributed by atoms with E-state index in [2.05, 4.69) is 21.2 Å². The molecule has 1 aromatic rings. The van der Waals surface area contributed by atoms with Gasteiger partial charge in [0.25, 0.3) is 5.91 Å². The number of carbonyl (C=O) groups excluding carboxylic acids is 1. The zero-order valence-electron chi connectivity index (χ0n) is 10.1. The van der Waals surface area contributed by atoms with Crippen LogP contribution in [-0.4, -0.2) is 25.2 Å². The van der Waals surface area contributed by atoms with Crippen molar-refractivity contribution in [2.45, 2.75) is 31.4 Å². The smallest absolute Gasteiger partial charge is 0.254 e. The fourth-order valence-electron chi connectivity index (χ4n) is 2.23. The van der Waals surface area contributed by atoms with E-state index < -0.39 is 5.82 Å². The standard InChI is InChI=1S/C13H15BrFNO2/c1-18-9-6-5-8(7-9)16-13(17)10-3-2-4-11(14)12(10)15/h2-4,8-9H,5-7H2,1H3,(H,16,17). The molecule has 0 saturated heterocycles. The van der Waals surface area contributed by atoms with Crippen molar-refractivity contribution in [3.8, 4) is 0 Å². The minimum absolute atomic E-state index is 0.0702. The Balaban J connectivity index is 2.02. The lowest BCUT2D eigenvalue weighted by Crippen LogP contribution is -2.34. The minimum atomic E-state index is -0.517. The number of carbonyl (C=O) groups is 1. The van der Waals surface area contributed by atoms with Crippen LogP contribution in [0.1, 0.15) is 29.6 Å². The number of rotatable bonds is 3. The molecule has 0 aromatic heterocycles. The van der Waals surface area contributed by atoms with Crippen molar-refractivity contribution in [3.05, 3.63) is 34.1 Å². The average Bonchev–Trinajstić information content (AvgIpc) is 2.80. The summed E-state index contributed by atoms with van der Waals surface area (Å²) in [5.41, 5.74) is 0.0743. The summed E-state index contributed by atoms with van der Waals surface area (Å²) < 4.78 is 19.3. The molecule has 98 valence electrons. The Labute approximate surface area is 114 Å². The van der Waals surface area contributed by atoms with Gasteiger partial charge in [0.2, 0.25) is 0 Å². The molecule has 1 saturated carbocycles. The van der Waals surface area contributed by atoms with E-state index >= 15 is 0 Å². The quantitative estimate of drug-likeness (QED) is 0.931. The molecule has 2 rings (SSSR count). The molecule has 18 heavy (non-hydrogen) atoms. The zero-order valence-corrected chi connectivity index (χ0v) is 11.7. The number of halogens is 2. The number of benzene rings is 1. The lowest BCUT2D eigenvalue weighted by Gasteiger charge is -2.13. The summed E-state index contributed by atoms with van der Waals surface area (Å²) >= 11 is 3.07. The topological polar surface area (TPSA) is 38.3 Å². The minimum Gasteiger partial charge on any atom is -0.381 e. The average molecular weight is 316 g/mol. The maximum absolute atomic E-state index is 13.7. The molecule has 1 aromatic carbocycles. The summed E-state index contributed by atoms with van der Waals surface area (Å²) in [4.78, 5) is 12.0. The van der Waals surface area contributed by atoms with E-state index in [0.29, 0.717) is 4.47 Å². The van der Waals surface area contributed by atoms with Crippen LogP contribution < -0.4 is 5.32 Å². The molecule has 1 N–H and O–H groups in total. The summed E-state index contributed by atoms with van der Waals surface area (Å²) in [6, 6.07) is 4.77. The fraction of sp³-hybridized carbons (Fsp3) is 0.462. The van der Waals surface area contributed by atoms with Crippen LogP contribution in [0.25, 0.3) is 0 Å². The van der Waals surface area contributed by atoms with Crippen LogP contribution in [-0.2, 0) is 4.74 Å². The van der Waals surface area contributed by atoms with Crippen LogP contribution in [0.5, 0.6) is 0 Å². The Bertz CT molecular complexity index is 453. The third-order valence-corrected chi connectivity index (χ3v) is 3.86. The Hall–Kier alpha value is -0.940. The van der Waals surface area contributed by atoms with Gasteiger partial charge >= 0.3 is 0 Å². The van der Waals surface area contributed by atoms with Crippen molar-refractivity contribution in [3.63, 3.8) is 0 Å². The van der Waals surface area contributed by atoms with Gasteiger partial charge in [-0.3, -0.25) is 4.79 Å². The van der Waals surface area contributed by atoms with Crippen molar-refractivity contribution < 1.29 is 13.9 Å². The summed E-state index contributed by atoms with van der Waals surface area (Å²) in [7, 11) is 1.67. The predicted octanol–water partition coefficient (Wildman–Crippen LogP) is 2.89. The lowest BCUT2D eigenvalue weighted by molar-refractivity contribution is 0.0911. The van der Waals surface area contributed by atoms with Crippen LogP contribution in [0.2, 0.25) is 0 Å². The van der Waals surface area contributed by atoms with Gasteiger partial charge in [-0.15, -0.1) is 0 Å². The summed E-state index contributed by atoms with van der Waals surface area (Å²) in [6.07, 6.45) is 2.79.